The summed E-state index contributed by atoms with van der Waals surface area (Å²) in [6.45, 7) is 9.22. The van der Waals surface area contributed by atoms with Crippen LogP contribution in [0, 0.1) is 0 Å². The van der Waals surface area contributed by atoms with E-state index in [1.165, 1.54) is 4.68 Å². The van der Waals surface area contributed by atoms with Crippen molar-refractivity contribution in [3.63, 3.8) is 0 Å². The van der Waals surface area contributed by atoms with Gasteiger partial charge < -0.3 is 5.11 Å². The summed E-state index contributed by atoms with van der Waals surface area (Å²) in [6, 6.07) is 0. The van der Waals surface area contributed by atoms with Crippen LogP contribution in [0.1, 0.15) is 40.3 Å². The number of carboxylic acid groups (broad SMARTS) is 1. The van der Waals surface area contributed by atoms with Crippen LogP contribution in [-0.4, -0.2) is 26.1 Å². The van der Waals surface area contributed by atoms with Crippen LogP contribution in [-0.2, 0) is 15.7 Å². The van der Waals surface area contributed by atoms with E-state index in [2.05, 4.69) is 10.3 Å². The van der Waals surface area contributed by atoms with Crippen molar-refractivity contribution in [2.45, 2.75) is 45.6 Å². The van der Waals surface area contributed by atoms with Gasteiger partial charge in [0, 0.05) is 5.41 Å². The second-order valence-corrected chi connectivity index (χ2v) is 5.15. The van der Waals surface area contributed by atoms with E-state index < -0.39 is 11.5 Å². The number of carbonyl (C=O) groups is 1. The lowest BCUT2D eigenvalue weighted by Gasteiger charge is -2.27. The fraction of sp³-hybridized carbons (Fsp3) is 0.700. The molecular formula is C10H17N3O2. The third-order valence-corrected chi connectivity index (χ3v) is 2.37. The normalized spacial score (nSPS) is 12.9. The van der Waals surface area contributed by atoms with Crippen LogP contribution in [0.2, 0.25) is 0 Å². The molecule has 1 aromatic heterocycles. The van der Waals surface area contributed by atoms with Crippen LogP contribution >= 0.6 is 0 Å². The lowest BCUT2D eigenvalue weighted by molar-refractivity contribution is -0.146. The Morgan fingerprint density at radius 1 is 1.33 bits per heavy atom. The molecule has 0 spiro atoms. The highest BCUT2D eigenvalue weighted by atomic mass is 16.4. The van der Waals surface area contributed by atoms with Crippen molar-refractivity contribution in [3.8, 4) is 0 Å². The molecule has 0 saturated carbocycles. The van der Waals surface area contributed by atoms with Gasteiger partial charge in [-0.3, -0.25) is 0 Å². The molecule has 0 amide bonds. The first-order valence-electron chi connectivity index (χ1n) is 4.82. The molecule has 0 radical (unpaired) electrons. The Hall–Kier alpha value is -1.39. The molecule has 5 heteroatoms. The van der Waals surface area contributed by atoms with Gasteiger partial charge in [-0.25, -0.2) is 9.48 Å². The molecule has 1 N–H and O–H groups in total. The van der Waals surface area contributed by atoms with Gasteiger partial charge in [-0.1, -0.05) is 26.0 Å². The molecule has 0 atom stereocenters. The van der Waals surface area contributed by atoms with E-state index in [0.717, 1.165) is 5.69 Å². The minimum absolute atomic E-state index is 0.170. The zero-order valence-corrected chi connectivity index (χ0v) is 9.77. The average molecular weight is 211 g/mol. The first-order valence-corrected chi connectivity index (χ1v) is 4.82. The van der Waals surface area contributed by atoms with Crippen molar-refractivity contribution < 1.29 is 9.90 Å². The van der Waals surface area contributed by atoms with Crippen molar-refractivity contribution in [1.82, 2.24) is 15.0 Å². The van der Waals surface area contributed by atoms with Crippen LogP contribution < -0.4 is 0 Å². The van der Waals surface area contributed by atoms with Crippen molar-refractivity contribution in [3.05, 3.63) is 11.9 Å². The van der Waals surface area contributed by atoms with Crippen LogP contribution in [0.5, 0.6) is 0 Å². The monoisotopic (exact) mass is 211 g/mol. The van der Waals surface area contributed by atoms with Gasteiger partial charge in [0.15, 0.2) is 5.54 Å². The van der Waals surface area contributed by atoms with Gasteiger partial charge in [0.05, 0.1) is 11.9 Å². The summed E-state index contributed by atoms with van der Waals surface area (Å²) in [4.78, 5) is 11.1. The lowest BCUT2D eigenvalue weighted by Crippen LogP contribution is -2.39. The molecule has 0 aliphatic rings. The summed E-state index contributed by atoms with van der Waals surface area (Å²) < 4.78 is 1.47. The van der Waals surface area contributed by atoms with E-state index in [1.54, 1.807) is 20.0 Å². The first-order chi connectivity index (χ1) is 6.67. The van der Waals surface area contributed by atoms with E-state index in [-0.39, 0.29) is 5.41 Å². The molecule has 0 aliphatic heterocycles. The molecule has 0 bridgehead atoms. The highest BCUT2D eigenvalue weighted by Crippen LogP contribution is 2.26. The lowest BCUT2D eigenvalue weighted by atomic mass is 9.91. The second-order valence-electron chi connectivity index (χ2n) is 5.15. The third kappa shape index (κ3) is 2.00. The van der Waals surface area contributed by atoms with E-state index >= 15 is 0 Å². The van der Waals surface area contributed by atoms with E-state index in [1.807, 2.05) is 20.8 Å². The van der Waals surface area contributed by atoms with Gasteiger partial charge in [-0.15, -0.1) is 5.10 Å². The maximum Gasteiger partial charge on any atom is 0.331 e. The number of hydrogen-bond donors (Lipinski definition) is 1. The number of aromatic nitrogens is 3. The van der Waals surface area contributed by atoms with Crippen LogP contribution in [0.4, 0.5) is 0 Å². The standard InChI is InChI=1S/C10H17N3O2/c1-9(2,3)7-6-11-12-13(7)10(4,5)8(14)15/h6H,1-5H3,(H,14,15). The molecule has 84 valence electrons. The number of aliphatic carboxylic acids is 1. The van der Waals surface area contributed by atoms with Crippen molar-refractivity contribution in [1.29, 1.82) is 0 Å². The molecule has 0 aliphatic carbocycles. The zero-order valence-electron chi connectivity index (χ0n) is 9.77. The Morgan fingerprint density at radius 2 is 1.87 bits per heavy atom. The summed E-state index contributed by atoms with van der Waals surface area (Å²) in [5.41, 5.74) is -0.426. The average Bonchev–Trinajstić information content (AvgIpc) is 2.49. The van der Waals surface area contributed by atoms with Crippen molar-refractivity contribution in [2.75, 3.05) is 0 Å². The maximum atomic E-state index is 11.1. The minimum atomic E-state index is -1.07. The van der Waals surface area contributed by atoms with Gasteiger partial charge in [0.2, 0.25) is 0 Å². The number of carboxylic acids is 1. The Bertz CT molecular complexity index is 374. The van der Waals surface area contributed by atoms with Gasteiger partial charge in [-0.2, -0.15) is 0 Å². The highest BCUT2D eigenvalue weighted by Gasteiger charge is 2.35. The molecule has 0 aromatic carbocycles. The zero-order chi connectivity index (χ0) is 11.9. The molecule has 15 heavy (non-hydrogen) atoms. The van der Waals surface area contributed by atoms with Crippen molar-refractivity contribution in [2.24, 2.45) is 0 Å². The van der Waals surface area contributed by atoms with Gasteiger partial charge in [0.1, 0.15) is 0 Å². The number of nitrogens with zero attached hydrogens (tertiary/aromatic N) is 3. The van der Waals surface area contributed by atoms with Gasteiger partial charge in [0.25, 0.3) is 0 Å². The van der Waals surface area contributed by atoms with Gasteiger partial charge >= 0.3 is 5.97 Å². The Labute approximate surface area is 89.1 Å². The number of rotatable bonds is 2. The second kappa shape index (κ2) is 3.32. The molecule has 0 saturated heterocycles. The largest absolute Gasteiger partial charge is 0.479 e. The first kappa shape index (κ1) is 11.7. The van der Waals surface area contributed by atoms with Gasteiger partial charge in [-0.05, 0) is 13.8 Å². The summed E-state index contributed by atoms with van der Waals surface area (Å²) in [5.74, 6) is -0.918. The molecule has 1 aromatic rings. The van der Waals surface area contributed by atoms with E-state index in [4.69, 9.17) is 5.11 Å². The molecular weight excluding hydrogens is 194 g/mol. The van der Waals surface area contributed by atoms with Crippen LogP contribution in [0.3, 0.4) is 0 Å². The fourth-order valence-electron chi connectivity index (χ4n) is 1.25. The summed E-state index contributed by atoms with van der Waals surface area (Å²) >= 11 is 0. The molecule has 0 unspecified atom stereocenters. The van der Waals surface area contributed by atoms with Crippen LogP contribution in [0.15, 0.2) is 6.20 Å². The van der Waals surface area contributed by atoms with E-state index in [0.29, 0.717) is 0 Å². The summed E-state index contributed by atoms with van der Waals surface area (Å²) in [7, 11) is 0. The molecule has 0 fully saturated rings. The summed E-state index contributed by atoms with van der Waals surface area (Å²) in [6.07, 6.45) is 1.62. The molecule has 5 nitrogen and oxygen atoms in total. The maximum absolute atomic E-state index is 11.1. The SMILES string of the molecule is CC(C)(C)c1cnnn1C(C)(C)C(=O)O. The predicted molar refractivity (Wildman–Crippen MR) is 55.7 cm³/mol. The van der Waals surface area contributed by atoms with E-state index in [9.17, 15) is 4.79 Å². The fourth-order valence-corrected chi connectivity index (χ4v) is 1.25. The quantitative estimate of drug-likeness (QED) is 0.802. The highest BCUT2D eigenvalue weighted by molar-refractivity contribution is 5.75. The van der Waals surface area contributed by atoms with Crippen LogP contribution in [0.25, 0.3) is 0 Å². The predicted octanol–water partition coefficient (Wildman–Crippen LogP) is 1.40. The van der Waals surface area contributed by atoms with Crippen molar-refractivity contribution >= 4 is 5.97 Å². The summed E-state index contributed by atoms with van der Waals surface area (Å²) in [5, 5.41) is 16.8. The minimum Gasteiger partial charge on any atom is -0.479 e. The smallest absolute Gasteiger partial charge is 0.331 e. The Morgan fingerprint density at radius 3 is 2.27 bits per heavy atom. The molecule has 1 heterocycles. The molecule has 1 rings (SSSR count). The number of hydrogen-bond acceptors (Lipinski definition) is 3. The Balaban J connectivity index is 3.28. The topological polar surface area (TPSA) is 68.0 Å². The Kier molecular flexibility index (Phi) is 2.59. The third-order valence-electron chi connectivity index (χ3n) is 2.37.